The molecule has 6 heteroatoms. The average molecular weight is 415 g/mol. The van der Waals surface area contributed by atoms with E-state index in [9.17, 15) is 9.59 Å². The predicted molar refractivity (Wildman–Crippen MR) is 115 cm³/mol. The lowest BCUT2D eigenvalue weighted by Gasteiger charge is -2.44. The summed E-state index contributed by atoms with van der Waals surface area (Å²) >= 11 is 0. The fourth-order valence-corrected chi connectivity index (χ4v) is 5.00. The van der Waals surface area contributed by atoms with Gasteiger partial charge in [0.1, 0.15) is 5.54 Å². The van der Waals surface area contributed by atoms with Crippen LogP contribution in [0.3, 0.4) is 0 Å². The van der Waals surface area contributed by atoms with Crippen LogP contribution in [0.25, 0.3) is 0 Å². The highest BCUT2D eigenvalue weighted by atomic mass is 16.3. The van der Waals surface area contributed by atoms with E-state index in [4.69, 9.17) is 9.90 Å². The summed E-state index contributed by atoms with van der Waals surface area (Å²) in [6.07, 6.45) is 9.41. The van der Waals surface area contributed by atoms with Crippen molar-refractivity contribution in [1.82, 2.24) is 9.80 Å². The van der Waals surface area contributed by atoms with Crippen LogP contribution in [-0.2, 0) is 27.2 Å². The lowest BCUT2D eigenvalue weighted by Crippen LogP contribution is -2.61. The summed E-state index contributed by atoms with van der Waals surface area (Å²) in [7, 11) is 0. The Morgan fingerprint density at radius 2 is 1.73 bits per heavy atom. The molecule has 1 aromatic rings. The number of carbonyl (C=O) groups excluding carboxylic acids is 2. The molecule has 1 unspecified atom stereocenters. The van der Waals surface area contributed by atoms with Crippen LogP contribution in [0.4, 0.5) is 0 Å². The van der Waals surface area contributed by atoms with Crippen LogP contribution in [0.2, 0.25) is 0 Å². The zero-order chi connectivity index (χ0) is 21.6. The van der Waals surface area contributed by atoms with E-state index in [0.29, 0.717) is 12.5 Å². The van der Waals surface area contributed by atoms with Gasteiger partial charge in [-0.3, -0.25) is 14.4 Å². The molecule has 3 aliphatic rings. The summed E-state index contributed by atoms with van der Waals surface area (Å²) < 4.78 is 0. The molecule has 4 rings (SSSR count). The summed E-state index contributed by atoms with van der Waals surface area (Å²) in [5.41, 5.74) is 2.13. The molecular formula is C24H34N2O4. The number of nitrogens with zero attached hydrogens (tertiary/aromatic N) is 2. The van der Waals surface area contributed by atoms with Gasteiger partial charge in [0.15, 0.2) is 0 Å². The third-order valence-electron chi connectivity index (χ3n) is 6.71. The monoisotopic (exact) mass is 414 g/mol. The van der Waals surface area contributed by atoms with Crippen molar-refractivity contribution >= 4 is 18.3 Å². The minimum atomic E-state index is -0.513. The van der Waals surface area contributed by atoms with Crippen molar-refractivity contribution in [3.05, 3.63) is 35.4 Å². The van der Waals surface area contributed by atoms with Gasteiger partial charge in [0.25, 0.3) is 6.47 Å². The number of hydrogen-bond acceptors (Lipinski definition) is 3. The number of carboxylic acid groups (broad SMARTS) is 1. The molecule has 0 radical (unpaired) electrons. The van der Waals surface area contributed by atoms with Gasteiger partial charge >= 0.3 is 0 Å². The molecule has 2 aliphatic heterocycles. The van der Waals surface area contributed by atoms with Gasteiger partial charge in [-0.2, -0.15) is 0 Å². The minimum Gasteiger partial charge on any atom is -0.483 e. The molecule has 1 N–H and O–H groups in total. The summed E-state index contributed by atoms with van der Waals surface area (Å²) in [6.45, 7) is 3.56. The average Bonchev–Trinajstić information content (AvgIpc) is 3.51. The third kappa shape index (κ3) is 4.85. The van der Waals surface area contributed by atoms with Crippen molar-refractivity contribution in [3.8, 4) is 0 Å². The Hall–Kier alpha value is -2.37. The molecule has 2 heterocycles. The van der Waals surface area contributed by atoms with Crippen molar-refractivity contribution in [2.24, 2.45) is 0 Å². The van der Waals surface area contributed by atoms with Crippen LogP contribution >= 0.6 is 0 Å². The number of carbonyl (C=O) groups is 3. The van der Waals surface area contributed by atoms with Gasteiger partial charge < -0.3 is 14.9 Å². The second kappa shape index (κ2) is 10.1. The number of benzene rings is 1. The van der Waals surface area contributed by atoms with Crippen LogP contribution in [0, 0.1) is 0 Å². The number of amides is 2. The highest BCUT2D eigenvalue weighted by molar-refractivity contribution is 5.93. The Balaban J connectivity index is 0.000000806. The highest BCUT2D eigenvalue weighted by Crippen LogP contribution is 2.42. The number of piperidine rings is 1. The maximum absolute atomic E-state index is 13.2. The van der Waals surface area contributed by atoms with Gasteiger partial charge in [0, 0.05) is 25.6 Å². The van der Waals surface area contributed by atoms with Crippen molar-refractivity contribution in [1.29, 1.82) is 0 Å². The Morgan fingerprint density at radius 3 is 2.33 bits per heavy atom. The summed E-state index contributed by atoms with van der Waals surface area (Å²) in [4.78, 5) is 38.6. The Bertz CT molecular complexity index is 744. The van der Waals surface area contributed by atoms with E-state index in [1.165, 1.54) is 11.1 Å². The number of hydrogen-bond donors (Lipinski definition) is 1. The van der Waals surface area contributed by atoms with Gasteiger partial charge in [0.2, 0.25) is 11.8 Å². The van der Waals surface area contributed by atoms with Crippen LogP contribution in [0.1, 0.15) is 69.4 Å². The van der Waals surface area contributed by atoms with Crippen molar-refractivity contribution in [2.45, 2.75) is 82.7 Å². The first-order valence-electron chi connectivity index (χ1n) is 11.3. The highest BCUT2D eigenvalue weighted by Gasteiger charge is 2.54. The quantitative estimate of drug-likeness (QED) is 0.724. The lowest BCUT2D eigenvalue weighted by molar-refractivity contribution is -0.155. The molecule has 1 saturated carbocycles. The molecular weight excluding hydrogens is 380 g/mol. The smallest absolute Gasteiger partial charge is 0.290 e. The molecule has 1 aromatic carbocycles. The van der Waals surface area contributed by atoms with Crippen molar-refractivity contribution in [3.63, 3.8) is 0 Å². The number of likely N-dealkylation sites (tertiary alicyclic amines) is 2. The standard InChI is InChI=1S/C23H32N2O2.CH2O2/c1-2-18-8-10-19(11-9-18)6-3-7-21(26)25-17-5-15-23(25)14-4-16-24(22(23)27)20-12-13-20;2-1-3/h8-11,20H,2-7,12-17H2,1H3;1H,(H,2,3). The van der Waals surface area contributed by atoms with Crippen LogP contribution < -0.4 is 0 Å². The summed E-state index contributed by atoms with van der Waals surface area (Å²) in [5.74, 6) is 0.431. The lowest BCUT2D eigenvalue weighted by atomic mass is 9.85. The Morgan fingerprint density at radius 1 is 1.13 bits per heavy atom. The Kier molecular flexibility index (Phi) is 7.51. The molecule has 164 valence electrons. The van der Waals surface area contributed by atoms with Crippen LogP contribution in [0.5, 0.6) is 0 Å². The van der Waals surface area contributed by atoms with Gasteiger partial charge in [-0.05, 0) is 68.9 Å². The van der Waals surface area contributed by atoms with Gasteiger partial charge in [-0.25, -0.2) is 0 Å². The molecule has 1 atom stereocenters. The summed E-state index contributed by atoms with van der Waals surface area (Å²) in [5, 5.41) is 6.89. The fourth-order valence-electron chi connectivity index (χ4n) is 5.00. The maximum atomic E-state index is 13.2. The fraction of sp³-hybridized carbons (Fsp3) is 0.625. The first kappa shape index (κ1) is 22.3. The van der Waals surface area contributed by atoms with E-state index >= 15 is 0 Å². The van der Waals surface area contributed by atoms with E-state index in [2.05, 4.69) is 36.1 Å². The van der Waals surface area contributed by atoms with E-state index in [-0.39, 0.29) is 18.3 Å². The maximum Gasteiger partial charge on any atom is 0.290 e. The molecule has 6 nitrogen and oxygen atoms in total. The van der Waals surface area contributed by atoms with Crippen molar-refractivity contribution in [2.75, 3.05) is 13.1 Å². The van der Waals surface area contributed by atoms with E-state index < -0.39 is 5.54 Å². The molecule has 2 saturated heterocycles. The first-order valence-corrected chi connectivity index (χ1v) is 11.3. The molecule has 0 bridgehead atoms. The van der Waals surface area contributed by atoms with Crippen molar-refractivity contribution < 1.29 is 19.5 Å². The second-order valence-electron chi connectivity index (χ2n) is 8.64. The second-order valence-corrected chi connectivity index (χ2v) is 8.64. The molecule has 1 aliphatic carbocycles. The number of aryl methyl sites for hydroxylation is 2. The predicted octanol–water partition coefficient (Wildman–Crippen LogP) is 3.42. The topological polar surface area (TPSA) is 77.9 Å². The van der Waals surface area contributed by atoms with Crippen LogP contribution in [-0.4, -0.2) is 57.9 Å². The normalized spacial score (nSPS) is 23.3. The minimum absolute atomic E-state index is 0.184. The zero-order valence-corrected chi connectivity index (χ0v) is 18.0. The molecule has 3 fully saturated rings. The molecule has 0 aromatic heterocycles. The third-order valence-corrected chi connectivity index (χ3v) is 6.71. The number of rotatable bonds is 6. The molecule has 30 heavy (non-hydrogen) atoms. The van der Waals surface area contributed by atoms with Gasteiger partial charge in [-0.1, -0.05) is 31.2 Å². The SMILES string of the molecule is CCc1ccc(CCCC(=O)N2CCCC23CCCN(C2CC2)C3=O)cc1.O=CO. The zero-order valence-electron chi connectivity index (χ0n) is 18.0. The van der Waals surface area contributed by atoms with E-state index in [1.54, 1.807) is 0 Å². The van der Waals surface area contributed by atoms with Crippen LogP contribution in [0.15, 0.2) is 24.3 Å². The first-order chi connectivity index (χ1) is 14.6. The van der Waals surface area contributed by atoms with E-state index in [1.807, 2.05) is 4.90 Å². The molecule has 1 spiro atoms. The van der Waals surface area contributed by atoms with Gasteiger partial charge in [0.05, 0.1) is 0 Å². The molecule has 2 amide bonds. The largest absolute Gasteiger partial charge is 0.483 e. The van der Waals surface area contributed by atoms with Gasteiger partial charge in [-0.15, -0.1) is 0 Å². The Labute approximate surface area is 179 Å². The summed E-state index contributed by atoms with van der Waals surface area (Å²) in [6, 6.07) is 9.18. The van der Waals surface area contributed by atoms with E-state index in [0.717, 1.165) is 70.9 Å².